The lowest BCUT2D eigenvalue weighted by molar-refractivity contribution is -0.0600. The van der Waals surface area contributed by atoms with Crippen LogP contribution in [0.4, 0.5) is 5.82 Å². The summed E-state index contributed by atoms with van der Waals surface area (Å²) in [5.74, 6) is 0.635. The van der Waals surface area contributed by atoms with Gasteiger partial charge in [-0.1, -0.05) is 5.11 Å². The summed E-state index contributed by atoms with van der Waals surface area (Å²) in [4.78, 5) is 15.5. The summed E-state index contributed by atoms with van der Waals surface area (Å²) in [6.45, 7) is 1.36. The van der Waals surface area contributed by atoms with Crippen molar-refractivity contribution in [1.82, 2.24) is 19.5 Å². The molecule has 11 heteroatoms. The molecule has 3 N–H and O–H groups in total. The van der Waals surface area contributed by atoms with Gasteiger partial charge in [-0.25, -0.2) is 15.0 Å². The van der Waals surface area contributed by atoms with Crippen LogP contribution in [-0.4, -0.2) is 60.1 Å². The number of hydrogen-bond acceptors (Lipinski definition) is 8. The van der Waals surface area contributed by atoms with Gasteiger partial charge < -0.3 is 20.3 Å². The topological polar surface area (TPSA) is 154 Å². The Bertz CT molecular complexity index is 842. The van der Waals surface area contributed by atoms with E-state index in [9.17, 15) is 10.2 Å². The SMILES string of the molecule is C[C@]1(O)[C@@H](CN=[N+]=[N-])O[C@@H](n2cnc3c(NC4CC4)ncnc32)[C@@H]1O. The zero-order valence-electron chi connectivity index (χ0n) is 13.5. The van der Waals surface area contributed by atoms with Gasteiger partial charge in [0.1, 0.15) is 18.0 Å². The molecule has 0 radical (unpaired) electrons. The zero-order valence-corrected chi connectivity index (χ0v) is 13.5. The number of nitrogens with one attached hydrogen (secondary N) is 1. The number of nitrogens with zero attached hydrogens (tertiary/aromatic N) is 7. The van der Waals surface area contributed by atoms with Gasteiger partial charge in [-0.3, -0.25) is 4.57 Å². The van der Waals surface area contributed by atoms with E-state index < -0.39 is 24.0 Å². The van der Waals surface area contributed by atoms with Gasteiger partial charge in [0.2, 0.25) is 0 Å². The number of aliphatic hydroxyl groups excluding tert-OH is 1. The van der Waals surface area contributed by atoms with Crippen LogP contribution in [0.15, 0.2) is 17.8 Å². The highest BCUT2D eigenvalue weighted by molar-refractivity contribution is 5.83. The highest BCUT2D eigenvalue weighted by Gasteiger charge is 2.52. The first-order chi connectivity index (χ1) is 12.0. The third-order valence-corrected chi connectivity index (χ3v) is 4.69. The molecule has 1 saturated carbocycles. The first-order valence-electron chi connectivity index (χ1n) is 8.03. The van der Waals surface area contributed by atoms with Gasteiger partial charge in [-0.15, -0.1) is 0 Å². The molecule has 0 bridgehead atoms. The van der Waals surface area contributed by atoms with E-state index in [0.29, 0.717) is 23.0 Å². The molecule has 1 aliphatic heterocycles. The van der Waals surface area contributed by atoms with Gasteiger partial charge in [0.25, 0.3) is 0 Å². The minimum Gasteiger partial charge on any atom is -0.385 e. The predicted molar refractivity (Wildman–Crippen MR) is 86.5 cm³/mol. The molecule has 132 valence electrons. The minimum absolute atomic E-state index is 0.0901. The summed E-state index contributed by atoms with van der Waals surface area (Å²) in [5.41, 5.74) is 7.97. The Balaban J connectivity index is 1.68. The minimum atomic E-state index is -1.57. The molecule has 2 aromatic heterocycles. The second-order valence-corrected chi connectivity index (χ2v) is 6.56. The molecular formula is C14H18N8O3. The lowest BCUT2D eigenvalue weighted by atomic mass is 9.94. The molecule has 0 unspecified atom stereocenters. The standard InChI is InChI=1S/C14H18N8O3/c1-14(24)8(4-19-21-15)25-13(10(14)23)22-6-18-9-11(20-7-2-3-7)16-5-17-12(9)22/h5-8,10,13,23-24H,2-4H2,1H3,(H,16,17,20)/t8-,10+,13-,14+/m1/s1. The summed E-state index contributed by atoms with van der Waals surface area (Å²) < 4.78 is 7.31. The number of azide groups is 1. The molecule has 2 fully saturated rings. The van der Waals surface area contributed by atoms with Gasteiger partial charge in [-0.05, 0) is 25.3 Å². The maximum atomic E-state index is 10.5. The van der Waals surface area contributed by atoms with E-state index in [1.807, 2.05) is 0 Å². The summed E-state index contributed by atoms with van der Waals surface area (Å²) in [5, 5.41) is 27.8. The van der Waals surface area contributed by atoms with Crippen molar-refractivity contribution < 1.29 is 14.9 Å². The van der Waals surface area contributed by atoms with Crippen molar-refractivity contribution in [2.24, 2.45) is 5.11 Å². The smallest absolute Gasteiger partial charge is 0.167 e. The monoisotopic (exact) mass is 346 g/mol. The Labute approximate surface area is 142 Å². The van der Waals surface area contributed by atoms with Crippen LogP contribution in [0.5, 0.6) is 0 Å². The Morgan fingerprint density at radius 3 is 3.00 bits per heavy atom. The number of imidazole rings is 1. The van der Waals surface area contributed by atoms with Crippen molar-refractivity contribution in [3.8, 4) is 0 Å². The molecular weight excluding hydrogens is 328 g/mol. The van der Waals surface area contributed by atoms with Crippen molar-refractivity contribution in [1.29, 1.82) is 0 Å². The molecule has 1 aliphatic carbocycles. The van der Waals surface area contributed by atoms with Crippen LogP contribution in [0.1, 0.15) is 26.0 Å². The average Bonchev–Trinajstić information content (AvgIpc) is 3.25. The normalized spacial score (nSPS) is 31.9. The van der Waals surface area contributed by atoms with Crippen molar-refractivity contribution in [2.45, 2.75) is 49.8 Å². The van der Waals surface area contributed by atoms with Crippen molar-refractivity contribution >= 4 is 17.0 Å². The molecule has 0 amide bonds. The number of aliphatic hydroxyl groups is 2. The first kappa shape index (κ1) is 16.0. The summed E-state index contributed by atoms with van der Waals surface area (Å²) in [7, 11) is 0. The highest BCUT2D eigenvalue weighted by atomic mass is 16.6. The molecule has 2 aromatic rings. The van der Waals surface area contributed by atoms with E-state index in [2.05, 4.69) is 30.3 Å². The largest absolute Gasteiger partial charge is 0.385 e. The van der Waals surface area contributed by atoms with Crippen LogP contribution in [0.2, 0.25) is 0 Å². The molecule has 0 spiro atoms. The Kier molecular flexibility index (Phi) is 3.73. The predicted octanol–water partition coefficient (Wildman–Crippen LogP) is 0.720. The first-order valence-corrected chi connectivity index (χ1v) is 8.03. The Morgan fingerprint density at radius 2 is 2.28 bits per heavy atom. The van der Waals surface area contributed by atoms with Crippen LogP contribution >= 0.6 is 0 Å². The van der Waals surface area contributed by atoms with Gasteiger partial charge in [0, 0.05) is 11.0 Å². The van der Waals surface area contributed by atoms with E-state index in [-0.39, 0.29) is 6.54 Å². The van der Waals surface area contributed by atoms with Crippen molar-refractivity contribution in [3.05, 3.63) is 23.1 Å². The van der Waals surface area contributed by atoms with E-state index >= 15 is 0 Å². The van der Waals surface area contributed by atoms with Crippen LogP contribution in [0.25, 0.3) is 21.6 Å². The van der Waals surface area contributed by atoms with Crippen molar-refractivity contribution in [3.63, 3.8) is 0 Å². The summed E-state index contributed by atoms with van der Waals surface area (Å²) >= 11 is 0. The third-order valence-electron chi connectivity index (χ3n) is 4.69. The fraction of sp³-hybridized carbons (Fsp3) is 0.643. The fourth-order valence-electron chi connectivity index (χ4n) is 2.98. The summed E-state index contributed by atoms with van der Waals surface area (Å²) in [6, 6.07) is 0.408. The number of rotatable bonds is 5. The van der Waals surface area contributed by atoms with E-state index in [1.54, 1.807) is 4.57 Å². The molecule has 1 saturated heterocycles. The quantitative estimate of drug-likeness (QED) is 0.409. The molecule has 25 heavy (non-hydrogen) atoms. The number of anilines is 1. The van der Waals surface area contributed by atoms with Crippen molar-refractivity contribution in [2.75, 3.05) is 11.9 Å². The molecule has 0 aromatic carbocycles. The van der Waals surface area contributed by atoms with Crippen LogP contribution in [-0.2, 0) is 4.74 Å². The molecule has 4 rings (SSSR count). The highest BCUT2D eigenvalue weighted by Crippen LogP contribution is 2.38. The maximum absolute atomic E-state index is 10.5. The van der Waals surface area contributed by atoms with E-state index in [1.165, 1.54) is 19.6 Å². The fourth-order valence-corrected chi connectivity index (χ4v) is 2.98. The maximum Gasteiger partial charge on any atom is 0.167 e. The number of hydrogen-bond donors (Lipinski definition) is 3. The zero-order chi connectivity index (χ0) is 17.6. The molecule has 4 atom stereocenters. The van der Waals surface area contributed by atoms with Crippen LogP contribution < -0.4 is 5.32 Å². The van der Waals surface area contributed by atoms with Gasteiger partial charge >= 0.3 is 0 Å². The Morgan fingerprint density at radius 1 is 1.48 bits per heavy atom. The molecule has 2 aliphatic rings. The second kappa shape index (κ2) is 5.81. The van der Waals surface area contributed by atoms with Gasteiger partial charge in [-0.2, -0.15) is 0 Å². The molecule has 11 nitrogen and oxygen atoms in total. The third kappa shape index (κ3) is 2.67. The van der Waals surface area contributed by atoms with E-state index in [0.717, 1.165) is 12.8 Å². The van der Waals surface area contributed by atoms with Crippen LogP contribution in [0.3, 0.4) is 0 Å². The molecule has 3 heterocycles. The van der Waals surface area contributed by atoms with Gasteiger partial charge in [0.05, 0.1) is 19.0 Å². The van der Waals surface area contributed by atoms with Crippen LogP contribution in [0, 0.1) is 0 Å². The lowest BCUT2D eigenvalue weighted by Crippen LogP contribution is -2.45. The van der Waals surface area contributed by atoms with Gasteiger partial charge in [0.15, 0.2) is 23.2 Å². The lowest BCUT2D eigenvalue weighted by Gasteiger charge is -2.25. The number of ether oxygens (including phenoxy) is 1. The number of aromatic nitrogens is 4. The number of fused-ring (bicyclic) bond motifs is 1. The average molecular weight is 346 g/mol. The summed E-state index contributed by atoms with van der Waals surface area (Å²) in [6.07, 6.45) is 2.13. The Hall–Kier alpha value is -2.46. The second-order valence-electron chi connectivity index (χ2n) is 6.56. The van der Waals surface area contributed by atoms with E-state index in [4.69, 9.17) is 10.3 Å².